The average molecular weight is 517 g/mol. The summed E-state index contributed by atoms with van der Waals surface area (Å²) in [4.78, 5) is 25.6. The van der Waals surface area contributed by atoms with Gasteiger partial charge in [0.2, 0.25) is 0 Å². The van der Waals surface area contributed by atoms with Crippen LogP contribution in [-0.2, 0) is 4.79 Å². The van der Waals surface area contributed by atoms with Gasteiger partial charge >= 0.3 is 0 Å². The van der Waals surface area contributed by atoms with Gasteiger partial charge in [-0.25, -0.2) is 0 Å². The number of rotatable bonds is 7. The third kappa shape index (κ3) is 5.47. The molecular formula is C22H17BrN2O4S2. The SMILES string of the molecule is C#CCOc1c(Br)cc(C=C2SC(=S)N(NC(=O)c3ccccc3)C2=O)cc1OCC. The van der Waals surface area contributed by atoms with Gasteiger partial charge in [-0.3, -0.25) is 15.0 Å². The van der Waals surface area contributed by atoms with Crippen LogP contribution in [0.4, 0.5) is 0 Å². The zero-order chi connectivity index (χ0) is 22.4. The molecule has 1 N–H and O–H groups in total. The first-order valence-electron chi connectivity index (χ1n) is 9.11. The molecule has 0 spiro atoms. The normalized spacial score (nSPS) is 14.5. The van der Waals surface area contributed by atoms with Crippen molar-refractivity contribution < 1.29 is 19.1 Å². The zero-order valence-electron chi connectivity index (χ0n) is 16.4. The number of hydrogen-bond acceptors (Lipinski definition) is 6. The van der Waals surface area contributed by atoms with E-state index >= 15 is 0 Å². The smallest absolute Gasteiger partial charge is 0.285 e. The minimum absolute atomic E-state index is 0.0950. The summed E-state index contributed by atoms with van der Waals surface area (Å²) in [6.45, 7) is 2.37. The van der Waals surface area contributed by atoms with E-state index in [9.17, 15) is 9.59 Å². The number of halogens is 1. The Bertz CT molecular complexity index is 1100. The molecular weight excluding hydrogens is 500 g/mol. The van der Waals surface area contributed by atoms with E-state index in [1.807, 2.05) is 6.92 Å². The zero-order valence-corrected chi connectivity index (χ0v) is 19.6. The number of carbonyl (C=O) groups is 2. The number of benzene rings is 2. The van der Waals surface area contributed by atoms with Crippen molar-refractivity contribution in [3.8, 4) is 23.8 Å². The van der Waals surface area contributed by atoms with Gasteiger partial charge < -0.3 is 9.47 Å². The van der Waals surface area contributed by atoms with Crippen LogP contribution >= 0.6 is 39.9 Å². The Morgan fingerprint density at radius 3 is 2.74 bits per heavy atom. The molecule has 1 fully saturated rings. The second kappa shape index (κ2) is 10.5. The Morgan fingerprint density at radius 2 is 2.06 bits per heavy atom. The van der Waals surface area contributed by atoms with Crippen LogP contribution in [0.3, 0.4) is 0 Å². The van der Waals surface area contributed by atoms with E-state index < -0.39 is 11.8 Å². The summed E-state index contributed by atoms with van der Waals surface area (Å²) in [6, 6.07) is 12.1. The van der Waals surface area contributed by atoms with E-state index in [1.54, 1.807) is 48.5 Å². The van der Waals surface area contributed by atoms with E-state index in [4.69, 9.17) is 28.1 Å². The lowest BCUT2D eigenvalue weighted by molar-refractivity contribution is -0.123. The van der Waals surface area contributed by atoms with Crippen LogP contribution in [0, 0.1) is 12.3 Å². The maximum atomic E-state index is 12.8. The van der Waals surface area contributed by atoms with Crippen molar-refractivity contribution in [1.29, 1.82) is 0 Å². The quantitative estimate of drug-likeness (QED) is 0.334. The first kappa shape index (κ1) is 22.9. The van der Waals surface area contributed by atoms with Crippen molar-refractivity contribution in [2.45, 2.75) is 6.92 Å². The number of thiocarbonyl (C=S) groups is 1. The second-order valence-corrected chi connectivity index (χ2v) is 8.61. The molecule has 31 heavy (non-hydrogen) atoms. The van der Waals surface area contributed by atoms with E-state index in [-0.39, 0.29) is 10.9 Å². The van der Waals surface area contributed by atoms with Crippen LogP contribution in [0.25, 0.3) is 6.08 Å². The molecule has 2 amide bonds. The fourth-order valence-electron chi connectivity index (χ4n) is 2.66. The van der Waals surface area contributed by atoms with Crippen LogP contribution in [-0.4, -0.2) is 34.4 Å². The number of terminal acetylenes is 1. The molecule has 3 rings (SSSR count). The third-order valence-electron chi connectivity index (χ3n) is 3.97. The minimum Gasteiger partial charge on any atom is -0.490 e. The summed E-state index contributed by atoms with van der Waals surface area (Å²) in [5, 5.41) is 1.07. The van der Waals surface area contributed by atoms with Crippen LogP contribution < -0.4 is 14.9 Å². The molecule has 6 nitrogen and oxygen atoms in total. The lowest BCUT2D eigenvalue weighted by Crippen LogP contribution is -2.44. The maximum Gasteiger partial charge on any atom is 0.285 e. The van der Waals surface area contributed by atoms with Crippen molar-refractivity contribution in [3.05, 3.63) is 63.0 Å². The van der Waals surface area contributed by atoms with E-state index in [2.05, 4.69) is 27.3 Å². The Balaban J connectivity index is 1.83. The summed E-state index contributed by atoms with van der Waals surface area (Å²) in [6.07, 6.45) is 6.95. The van der Waals surface area contributed by atoms with Gasteiger partial charge in [-0.05, 0) is 71.0 Å². The molecule has 0 bridgehead atoms. The average Bonchev–Trinajstić information content (AvgIpc) is 3.01. The summed E-state index contributed by atoms with van der Waals surface area (Å²) < 4.78 is 12.1. The highest BCUT2D eigenvalue weighted by molar-refractivity contribution is 9.10. The lowest BCUT2D eigenvalue weighted by Gasteiger charge is -2.15. The van der Waals surface area contributed by atoms with Crippen LogP contribution in [0.15, 0.2) is 51.8 Å². The molecule has 1 saturated heterocycles. The van der Waals surface area contributed by atoms with Gasteiger partial charge in [-0.15, -0.1) is 6.42 Å². The third-order valence-corrected chi connectivity index (χ3v) is 5.86. The largest absolute Gasteiger partial charge is 0.490 e. The molecule has 1 aliphatic rings. The molecule has 0 radical (unpaired) electrons. The van der Waals surface area contributed by atoms with Gasteiger partial charge in [-0.1, -0.05) is 35.9 Å². The van der Waals surface area contributed by atoms with Gasteiger partial charge in [0, 0.05) is 5.56 Å². The Morgan fingerprint density at radius 1 is 1.32 bits per heavy atom. The summed E-state index contributed by atoms with van der Waals surface area (Å²) in [5.41, 5.74) is 3.67. The number of nitrogens with zero attached hydrogens (tertiary/aromatic N) is 1. The maximum absolute atomic E-state index is 12.8. The number of amides is 2. The Labute approximate surface area is 198 Å². The molecule has 0 saturated carbocycles. The van der Waals surface area contributed by atoms with Gasteiger partial charge in [0.1, 0.15) is 6.61 Å². The number of thioether (sulfide) groups is 1. The standard InChI is InChI=1S/C22H17BrN2O4S2/c1-3-10-29-19-16(23)11-14(12-17(19)28-4-2)13-18-21(27)25(22(30)31-18)24-20(26)15-8-6-5-7-9-15/h1,5-9,11-13H,4,10H2,2H3,(H,24,26). The molecule has 2 aromatic carbocycles. The topological polar surface area (TPSA) is 67.9 Å². The van der Waals surface area contributed by atoms with E-state index in [1.165, 1.54) is 0 Å². The monoisotopic (exact) mass is 516 g/mol. The number of nitrogens with one attached hydrogen (secondary N) is 1. The summed E-state index contributed by atoms with van der Waals surface area (Å²) >= 11 is 9.84. The first-order chi connectivity index (χ1) is 14.9. The van der Waals surface area contributed by atoms with Crippen molar-refractivity contribution >= 4 is 62.1 Å². The fraction of sp³-hybridized carbons (Fsp3) is 0.136. The van der Waals surface area contributed by atoms with Gasteiger partial charge in [0.15, 0.2) is 15.8 Å². The predicted octanol–water partition coefficient (Wildman–Crippen LogP) is 4.41. The number of carbonyl (C=O) groups excluding carboxylic acids is 2. The molecule has 0 aromatic heterocycles. The second-order valence-electron chi connectivity index (χ2n) is 6.08. The minimum atomic E-state index is -0.422. The molecule has 158 valence electrons. The molecule has 2 aromatic rings. The van der Waals surface area contributed by atoms with Crippen molar-refractivity contribution in [2.24, 2.45) is 0 Å². The van der Waals surface area contributed by atoms with Crippen molar-refractivity contribution in [1.82, 2.24) is 10.4 Å². The fourth-order valence-corrected chi connectivity index (χ4v) is 4.41. The highest BCUT2D eigenvalue weighted by atomic mass is 79.9. The highest BCUT2D eigenvalue weighted by Gasteiger charge is 2.34. The first-order valence-corrected chi connectivity index (χ1v) is 11.1. The van der Waals surface area contributed by atoms with Crippen LogP contribution in [0.1, 0.15) is 22.8 Å². The molecule has 1 aliphatic heterocycles. The molecule has 0 unspecified atom stereocenters. The van der Waals surface area contributed by atoms with Crippen molar-refractivity contribution in [3.63, 3.8) is 0 Å². The molecule has 1 heterocycles. The van der Waals surface area contributed by atoms with Gasteiger partial charge in [0.25, 0.3) is 11.8 Å². The van der Waals surface area contributed by atoms with Crippen LogP contribution in [0.5, 0.6) is 11.5 Å². The van der Waals surface area contributed by atoms with Crippen molar-refractivity contribution in [2.75, 3.05) is 13.2 Å². The van der Waals surface area contributed by atoms with Gasteiger partial charge in [-0.2, -0.15) is 5.01 Å². The summed E-state index contributed by atoms with van der Waals surface area (Å²) in [7, 11) is 0. The molecule has 0 aliphatic carbocycles. The van der Waals surface area contributed by atoms with Crippen LogP contribution in [0.2, 0.25) is 0 Å². The predicted molar refractivity (Wildman–Crippen MR) is 129 cm³/mol. The molecule has 9 heteroatoms. The van der Waals surface area contributed by atoms with E-state index in [0.717, 1.165) is 16.8 Å². The number of ether oxygens (including phenoxy) is 2. The Kier molecular flexibility index (Phi) is 7.74. The number of hydrogen-bond donors (Lipinski definition) is 1. The van der Waals surface area contributed by atoms with E-state index in [0.29, 0.717) is 38.6 Å². The highest BCUT2D eigenvalue weighted by Crippen LogP contribution is 2.39. The Hall–Kier alpha value is -2.80. The molecule has 0 atom stereocenters. The lowest BCUT2D eigenvalue weighted by atomic mass is 10.2. The number of hydrazine groups is 1. The summed E-state index contributed by atoms with van der Waals surface area (Å²) in [5.74, 6) is 2.56. The van der Waals surface area contributed by atoms with Gasteiger partial charge in [0.05, 0.1) is 16.0 Å².